The molecule has 0 aliphatic rings. The molecule has 0 bridgehead atoms. The Bertz CT molecular complexity index is 668. The van der Waals surface area contributed by atoms with E-state index in [1.807, 2.05) is 0 Å². The molecule has 252 valence electrons. The minimum Gasteiger partial charge on any atom is -0.408 e. The van der Waals surface area contributed by atoms with Gasteiger partial charge >= 0.3 is 17.8 Å². The summed E-state index contributed by atoms with van der Waals surface area (Å²) in [6.07, 6.45) is 34.2. The van der Waals surface area contributed by atoms with Crippen molar-refractivity contribution >= 4 is 11.9 Å². The van der Waals surface area contributed by atoms with Gasteiger partial charge in [-0.1, -0.05) is 115 Å². The van der Waals surface area contributed by atoms with E-state index >= 15 is 0 Å². The largest absolute Gasteiger partial charge is 0.408 e. The Morgan fingerprint density at radius 3 is 1.23 bits per heavy atom. The van der Waals surface area contributed by atoms with Crippen LogP contribution in [0.5, 0.6) is 0 Å². The minimum atomic E-state index is -1.63. The minimum absolute atomic E-state index is 0.270. The van der Waals surface area contributed by atoms with Crippen LogP contribution in [0.25, 0.3) is 0 Å². The highest BCUT2D eigenvalue weighted by atomic mass is 16.8. The van der Waals surface area contributed by atoms with Crippen LogP contribution in [0.15, 0.2) is 24.3 Å². The quantitative estimate of drug-likeness (QED) is 0.0379. The number of carbonyl (C=O) groups excluding carboxylic acids is 2. The lowest BCUT2D eigenvalue weighted by atomic mass is 10.1. The second-order valence-electron chi connectivity index (χ2n) is 12.3. The number of ether oxygens (including phenoxy) is 2. The van der Waals surface area contributed by atoms with E-state index < -0.39 is 24.1 Å². The molecule has 0 radical (unpaired) electrons. The zero-order chi connectivity index (χ0) is 32.0. The summed E-state index contributed by atoms with van der Waals surface area (Å²) >= 11 is 0. The van der Waals surface area contributed by atoms with Crippen molar-refractivity contribution in [3.05, 3.63) is 24.3 Å². The molecular weight excluding hydrogens is 538 g/mol. The van der Waals surface area contributed by atoms with Gasteiger partial charge < -0.3 is 14.6 Å². The predicted molar refractivity (Wildman–Crippen MR) is 180 cm³/mol. The van der Waals surface area contributed by atoms with Crippen LogP contribution in [0.1, 0.15) is 182 Å². The molecule has 0 aliphatic heterocycles. The molecule has 0 spiro atoms. The fourth-order valence-electron chi connectivity index (χ4n) is 5.00. The van der Waals surface area contributed by atoms with E-state index in [2.05, 4.69) is 38.2 Å². The van der Waals surface area contributed by atoms with Crippen LogP contribution in [0, 0.1) is 0 Å². The third kappa shape index (κ3) is 25.4. The summed E-state index contributed by atoms with van der Waals surface area (Å²) in [5.74, 6) is -2.46. The molecule has 0 saturated carbocycles. The summed E-state index contributed by atoms with van der Waals surface area (Å²) in [5.41, 5.74) is 0. The SMILES string of the molecule is CCCCCCC=CCCCCCCCC(=O)OC(C)(OC(=O)CCCCCCCC=CCCCCCC)N(C)C(C)O. The lowest BCUT2D eigenvalue weighted by Gasteiger charge is -2.38. The first-order valence-corrected chi connectivity index (χ1v) is 17.9. The summed E-state index contributed by atoms with van der Waals surface area (Å²) in [7, 11) is 1.59. The van der Waals surface area contributed by atoms with E-state index in [1.54, 1.807) is 14.0 Å². The maximum absolute atomic E-state index is 12.6. The van der Waals surface area contributed by atoms with Crippen LogP contribution in [0.4, 0.5) is 0 Å². The van der Waals surface area contributed by atoms with E-state index in [-0.39, 0.29) is 12.8 Å². The maximum Gasteiger partial charge on any atom is 0.319 e. The third-order valence-electron chi connectivity index (χ3n) is 8.09. The first kappa shape index (κ1) is 41.3. The highest BCUT2D eigenvalue weighted by Gasteiger charge is 2.39. The average molecular weight is 608 g/mol. The van der Waals surface area contributed by atoms with Gasteiger partial charge in [-0.3, -0.25) is 9.59 Å². The van der Waals surface area contributed by atoms with Crippen molar-refractivity contribution in [2.45, 2.75) is 194 Å². The van der Waals surface area contributed by atoms with E-state index in [4.69, 9.17) is 9.47 Å². The van der Waals surface area contributed by atoms with Crippen LogP contribution in [-0.2, 0) is 19.1 Å². The van der Waals surface area contributed by atoms with Gasteiger partial charge in [-0.25, -0.2) is 4.90 Å². The Labute approximate surface area is 266 Å². The van der Waals surface area contributed by atoms with Gasteiger partial charge in [0, 0.05) is 19.8 Å². The standard InChI is InChI=1S/C37H69NO5/c1-6-8-10-12-14-16-18-20-22-24-26-28-30-32-35(40)42-37(4,38(5)34(3)39)43-36(41)33-31-29-27-25-23-21-19-17-15-13-11-9-7-2/h16-19,34,39H,6-15,20-33H2,1-5H3. The third-order valence-corrected chi connectivity index (χ3v) is 8.09. The van der Waals surface area contributed by atoms with Crippen molar-refractivity contribution in [2.24, 2.45) is 0 Å². The van der Waals surface area contributed by atoms with Crippen LogP contribution in [0.2, 0.25) is 0 Å². The molecule has 0 aromatic carbocycles. The number of rotatable bonds is 30. The average Bonchev–Trinajstić information content (AvgIpc) is 2.97. The lowest BCUT2D eigenvalue weighted by molar-refractivity contribution is -0.295. The van der Waals surface area contributed by atoms with Crippen LogP contribution < -0.4 is 0 Å². The van der Waals surface area contributed by atoms with E-state index in [1.165, 1.54) is 88.9 Å². The van der Waals surface area contributed by atoms with Gasteiger partial charge in [0.05, 0.1) is 0 Å². The zero-order valence-corrected chi connectivity index (χ0v) is 28.9. The molecule has 1 atom stereocenters. The topological polar surface area (TPSA) is 76.1 Å². The Balaban J connectivity index is 4.15. The lowest BCUT2D eigenvalue weighted by Crippen LogP contribution is -2.54. The predicted octanol–water partition coefficient (Wildman–Crippen LogP) is 10.5. The molecule has 1 N–H and O–H groups in total. The number of esters is 2. The molecule has 43 heavy (non-hydrogen) atoms. The second kappa shape index (κ2) is 29.1. The molecule has 0 aliphatic carbocycles. The first-order chi connectivity index (χ1) is 20.8. The smallest absolute Gasteiger partial charge is 0.319 e. The molecule has 0 fully saturated rings. The molecule has 0 aromatic rings. The van der Waals surface area contributed by atoms with Crippen molar-refractivity contribution in [1.82, 2.24) is 4.90 Å². The van der Waals surface area contributed by atoms with Gasteiger partial charge in [0.1, 0.15) is 6.23 Å². The molecule has 0 rings (SSSR count). The van der Waals surface area contributed by atoms with Gasteiger partial charge in [0.25, 0.3) is 0 Å². The van der Waals surface area contributed by atoms with Crippen molar-refractivity contribution < 1.29 is 24.2 Å². The number of carbonyl (C=O) groups is 2. The van der Waals surface area contributed by atoms with E-state index in [0.29, 0.717) is 0 Å². The van der Waals surface area contributed by atoms with Crippen molar-refractivity contribution in [2.75, 3.05) is 7.05 Å². The number of aliphatic hydroxyl groups is 1. The van der Waals surface area contributed by atoms with Gasteiger partial charge in [-0.15, -0.1) is 0 Å². The number of hydrogen-bond donors (Lipinski definition) is 1. The zero-order valence-electron chi connectivity index (χ0n) is 28.9. The number of unbranched alkanes of at least 4 members (excludes halogenated alkanes) is 18. The van der Waals surface area contributed by atoms with Gasteiger partial charge in [0.15, 0.2) is 0 Å². The Morgan fingerprint density at radius 2 is 0.907 bits per heavy atom. The molecule has 6 nitrogen and oxygen atoms in total. The van der Waals surface area contributed by atoms with Gasteiger partial charge in [-0.05, 0) is 78.2 Å². The summed E-state index contributed by atoms with van der Waals surface area (Å²) in [6.45, 7) is 7.57. The van der Waals surface area contributed by atoms with Crippen LogP contribution in [0.3, 0.4) is 0 Å². The first-order valence-electron chi connectivity index (χ1n) is 17.9. The molecule has 0 amide bonds. The fraction of sp³-hybridized carbons (Fsp3) is 0.838. The Morgan fingerprint density at radius 1 is 0.605 bits per heavy atom. The normalized spacial score (nSPS) is 14.0. The molecule has 0 aromatic heterocycles. The molecule has 0 saturated heterocycles. The second-order valence-corrected chi connectivity index (χ2v) is 12.3. The monoisotopic (exact) mass is 608 g/mol. The van der Waals surface area contributed by atoms with Gasteiger partial charge in [0.2, 0.25) is 0 Å². The van der Waals surface area contributed by atoms with Crippen LogP contribution >= 0.6 is 0 Å². The van der Waals surface area contributed by atoms with Crippen molar-refractivity contribution in [3.63, 3.8) is 0 Å². The van der Waals surface area contributed by atoms with Gasteiger partial charge in [-0.2, -0.15) is 0 Å². The maximum atomic E-state index is 12.6. The summed E-state index contributed by atoms with van der Waals surface area (Å²) < 4.78 is 11.3. The van der Waals surface area contributed by atoms with Crippen molar-refractivity contribution in [1.29, 1.82) is 0 Å². The van der Waals surface area contributed by atoms with E-state index in [9.17, 15) is 14.7 Å². The van der Waals surface area contributed by atoms with Crippen molar-refractivity contribution in [3.8, 4) is 0 Å². The summed E-state index contributed by atoms with van der Waals surface area (Å²) in [5, 5.41) is 10.1. The fourth-order valence-corrected chi connectivity index (χ4v) is 5.00. The molecular formula is C37H69NO5. The number of nitrogens with zero attached hydrogens (tertiary/aromatic N) is 1. The number of hydrogen-bond acceptors (Lipinski definition) is 6. The molecule has 1 unspecified atom stereocenters. The summed E-state index contributed by atoms with van der Waals surface area (Å²) in [6, 6.07) is 0. The molecule has 6 heteroatoms. The number of allylic oxidation sites excluding steroid dienone is 4. The highest BCUT2D eigenvalue weighted by molar-refractivity contribution is 5.71. The van der Waals surface area contributed by atoms with E-state index in [0.717, 1.165) is 64.2 Å². The Hall–Kier alpha value is -1.66. The Kier molecular flexibility index (Phi) is 28.0. The summed E-state index contributed by atoms with van der Waals surface area (Å²) in [4.78, 5) is 26.6. The molecule has 0 heterocycles. The highest BCUT2D eigenvalue weighted by Crippen LogP contribution is 2.22. The van der Waals surface area contributed by atoms with Crippen LogP contribution in [-0.4, -0.2) is 41.1 Å². The number of aliphatic hydroxyl groups excluding tert-OH is 1.